The second-order valence-corrected chi connectivity index (χ2v) is 9.47. The fourth-order valence-electron chi connectivity index (χ4n) is 3.97. The van der Waals surface area contributed by atoms with Gasteiger partial charge in [0.05, 0.1) is 29.8 Å². The third-order valence-corrected chi connectivity index (χ3v) is 6.75. The number of hydrogen-bond donors (Lipinski definition) is 2. The molecule has 9 heteroatoms. The van der Waals surface area contributed by atoms with E-state index < -0.39 is 0 Å². The number of thioether (sulfide) groups is 1. The molecule has 1 saturated heterocycles. The molecule has 1 fully saturated rings. The molecule has 1 aliphatic rings. The molecule has 5 rings (SSSR count). The molecule has 0 spiro atoms. The van der Waals surface area contributed by atoms with Crippen LogP contribution in [0.25, 0.3) is 11.3 Å². The van der Waals surface area contributed by atoms with Gasteiger partial charge in [-0.3, -0.25) is 0 Å². The average Bonchev–Trinajstić information content (AvgIpc) is 3.51. The number of aromatic nitrogens is 5. The van der Waals surface area contributed by atoms with Crippen LogP contribution in [0.2, 0.25) is 0 Å². The SMILES string of the molecule is CC(Sc1ncc(-c2ccccc2)n1CC1CCCO1)c1nc(N)nc(Nc2ccccc2)n1. The van der Waals surface area contributed by atoms with Crippen molar-refractivity contribution in [3.63, 3.8) is 0 Å². The first kappa shape index (κ1) is 22.4. The van der Waals surface area contributed by atoms with Gasteiger partial charge in [0.2, 0.25) is 11.9 Å². The Bertz CT molecular complexity index is 1230. The van der Waals surface area contributed by atoms with Gasteiger partial charge in [-0.2, -0.15) is 15.0 Å². The number of para-hydroxylation sites is 1. The molecule has 1 aliphatic heterocycles. The zero-order valence-corrected chi connectivity index (χ0v) is 19.8. The quantitative estimate of drug-likeness (QED) is 0.341. The van der Waals surface area contributed by atoms with E-state index in [1.54, 1.807) is 11.8 Å². The fraction of sp³-hybridized carbons (Fsp3) is 0.280. The average molecular weight is 474 g/mol. The zero-order chi connectivity index (χ0) is 23.3. The van der Waals surface area contributed by atoms with Crippen LogP contribution >= 0.6 is 11.8 Å². The first-order valence-electron chi connectivity index (χ1n) is 11.4. The molecule has 3 heterocycles. The topological polar surface area (TPSA) is 104 Å². The van der Waals surface area contributed by atoms with E-state index in [0.29, 0.717) is 11.8 Å². The van der Waals surface area contributed by atoms with Crippen LogP contribution in [0.3, 0.4) is 0 Å². The lowest BCUT2D eigenvalue weighted by atomic mass is 10.1. The van der Waals surface area contributed by atoms with Gasteiger partial charge in [0, 0.05) is 12.3 Å². The minimum absolute atomic E-state index is 0.0871. The summed E-state index contributed by atoms with van der Waals surface area (Å²) in [6.45, 7) is 3.64. The van der Waals surface area contributed by atoms with Gasteiger partial charge < -0.3 is 20.4 Å². The minimum atomic E-state index is -0.0871. The Balaban J connectivity index is 1.41. The van der Waals surface area contributed by atoms with Crippen LogP contribution in [0.1, 0.15) is 30.8 Å². The lowest BCUT2D eigenvalue weighted by Gasteiger charge is -2.18. The molecule has 2 atom stereocenters. The number of nitrogens with two attached hydrogens (primary N) is 1. The van der Waals surface area contributed by atoms with E-state index in [9.17, 15) is 0 Å². The van der Waals surface area contributed by atoms with Gasteiger partial charge in [0.15, 0.2) is 5.16 Å². The highest BCUT2D eigenvalue weighted by Crippen LogP contribution is 2.36. The van der Waals surface area contributed by atoms with Crippen molar-refractivity contribution in [3.05, 3.63) is 72.7 Å². The molecule has 3 N–H and O–H groups in total. The van der Waals surface area contributed by atoms with Crippen LogP contribution in [0.4, 0.5) is 17.6 Å². The maximum Gasteiger partial charge on any atom is 0.232 e. The molecule has 0 saturated carbocycles. The number of imidazole rings is 1. The summed E-state index contributed by atoms with van der Waals surface area (Å²) in [4.78, 5) is 18.0. The standard InChI is InChI=1S/C25H27N7OS/c1-17(22-29-23(26)31-24(30-22)28-19-11-6-3-7-12-19)34-25-27-15-21(18-9-4-2-5-10-18)32(25)16-20-13-8-14-33-20/h2-7,9-12,15,17,20H,8,13-14,16H2,1H3,(H3,26,28,29,30,31). The van der Waals surface area contributed by atoms with Crippen molar-refractivity contribution >= 4 is 29.3 Å². The molecule has 2 unspecified atom stereocenters. The van der Waals surface area contributed by atoms with E-state index in [2.05, 4.69) is 43.9 Å². The largest absolute Gasteiger partial charge is 0.376 e. The summed E-state index contributed by atoms with van der Waals surface area (Å²) < 4.78 is 8.18. The molecule has 8 nitrogen and oxygen atoms in total. The molecule has 174 valence electrons. The van der Waals surface area contributed by atoms with E-state index in [4.69, 9.17) is 15.5 Å². The zero-order valence-electron chi connectivity index (χ0n) is 19.0. The van der Waals surface area contributed by atoms with Crippen LogP contribution < -0.4 is 11.1 Å². The molecule has 2 aromatic carbocycles. The van der Waals surface area contributed by atoms with Gasteiger partial charge in [0.1, 0.15) is 5.82 Å². The number of benzene rings is 2. The van der Waals surface area contributed by atoms with Gasteiger partial charge >= 0.3 is 0 Å². The van der Waals surface area contributed by atoms with Crippen LogP contribution in [0.5, 0.6) is 0 Å². The molecule has 2 aromatic heterocycles. The number of anilines is 3. The number of nitrogens with one attached hydrogen (secondary N) is 1. The second-order valence-electron chi connectivity index (χ2n) is 8.16. The monoisotopic (exact) mass is 473 g/mol. The molecule has 0 amide bonds. The predicted molar refractivity (Wildman–Crippen MR) is 135 cm³/mol. The first-order chi connectivity index (χ1) is 16.7. The molecule has 34 heavy (non-hydrogen) atoms. The Morgan fingerprint density at radius 1 is 1.09 bits per heavy atom. The molecule has 0 radical (unpaired) electrons. The van der Waals surface area contributed by atoms with Crippen LogP contribution in [0, 0.1) is 0 Å². The summed E-state index contributed by atoms with van der Waals surface area (Å²) in [6.07, 6.45) is 4.29. The van der Waals surface area contributed by atoms with Gasteiger partial charge in [0.25, 0.3) is 0 Å². The van der Waals surface area contributed by atoms with Crippen molar-refractivity contribution in [2.75, 3.05) is 17.7 Å². The third-order valence-electron chi connectivity index (χ3n) is 5.64. The van der Waals surface area contributed by atoms with Gasteiger partial charge in [-0.05, 0) is 37.5 Å². The second kappa shape index (κ2) is 10.2. The van der Waals surface area contributed by atoms with Gasteiger partial charge in [-0.1, -0.05) is 60.3 Å². The van der Waals surface area contributed by atoms with E-state index >= 15 is 0 Å². The fourth-order valence-corrected chi connectivity index (χ4v) is 4.91. The van der Waals surface area contributed by atoms with Crippen molar-refractivity contribution in [2.24, 2.45) is 0 Å². The summed E-state index contributed by atoms with van der Waals surface area (Å²) in [6, 6.07) is 20.1. The minimum Gasteiger partial charge on any atom is -0.376 e. The van der Waals surface area contributed by atoms with Crippen molar-refractivity contribution in [1.82, 2.24) is 24.5 Å². The lowest BCUT2D eigenvalue weighted by Crippen LogP contribution is -2.17. The Hall–Kier alpha value is -3.43. The summed E-state index contributed by atoms with van der Waals surface area (Å²) in [5.41, 5.74) is 9.11. The molecule has 0 bridgehead atoms. The van der Waals surface area contributed by atoms with Crippen molar-refractivity contribution < 1.29 is 4.74 Å². The lowest BCUT2D eigenvalue weighted by molar-refractivity contribution is 0.0953. The summed E-state index contributed by atoms with van der Waals surface area (Å²) in [7, 11) is 0. The summed E-state index contributed by atoms with van der Waals surface area (Å²) >= 11 is 1.61. The van der Waals surface area contributed by atoms with E-state index in [1.807, 2.05) is 54.7 Å². The van der Waals surface area contributed by atoms with E-state index in [1.165, 1.54) is 0 Å². The maximum absolute atomic E-state index is 6.01. The van der Waals surface area contributed by atoms with Crippen molar-refractivity contribution in [3.8, 4) is 11.3 Å². The normalized spacial score (nSPS) is 16.4. The Kier molecular flexibility index (Phi) is 6.73. The number of rotatable bonds is 8. The summed E-state index contributed by atoms with van der Waals surface area (Å²) in [5.74, 6) is 1.21. The van der Waals surface area contributed by atoms with Gasteiger partial charge in [-0.25, -0.2) is 4.98 Å². The van der Waals surface area contributed by atoms with Crippen molar-refractivity contribution in [2.45, 2.75) is 42.8 Å². The molecular formula is C25H27N7OS. The molecule has 4 aromatic rings. The van der Waals surface area contributed by atoms with Crippen LogP contribution in [-0.4, -0.2) is 37.2 Å². The Labute approximate surface area is 203 Å². The number of ether oxygens (including phenoxy) is 1. The molecular weight excluding hydrogens is 446 g/mol. The van der Waals surface area contributed by atoms with Gasteiger partial charge in [-0.15, -0.1) is 0 Å². The Morgan fingerprint density at radius 2 is 1.85 bits per heavy atom. The first-order valence-corrected chi connectivity index (χ1v) is 12.3. The Morgan fingerprint density at radius 3 is 2.59 bits per heavy atom. The summed E-state index contributed by atoms with van der Waals surface area (Å²) in [5, 5.41) is 4.01. The molecule has 0 aliphatic carbocycles. The maximum atomic E-state index is 6.01. The smallest absolute Gasteiger partial charge is 0.232 e. The number of nitrogen functional groups attached to an aromatic ring is 1. The van der Waals surface area contributed by atoms with E-state index in [0.717, 1.165) is 48.1 Å². The number of nitrogens with zero attached hydrogens (tertiary/aromatic N) is 5. The highest BCUT2D eigenvalue weighted by Gasteiger charge is 2.23. The van der Waals surface area contributed by atoms with Crippen molar-refractivity contribution in [1.29, 1.82) is 0 Å². The highest BCUT2D eigenvalue weighted by atomic mass is 32.2. The van der Waals surface area contributed by atoms with Crippen LogP contribution in [-0.2, 0) is 11.3 Å². The highest BCUT2D eigenvalue weighted by molar-refractivity contribution is 7.99. The van der Waals surface area contributed by atoms with Crippen LogP contribution in [0.15, 0.2) is 72.0 Å². The third kappa shape index (κ3) is 5.21. The van der Waals surface area contributed by atoms with E-state index in [-0.39, 0.29) is 17.3 Å². The predicted octanol–water partition coefficient (Wildman–Crippen LogP) is 5.09. The number of hydrogen-bond acceptors (Lipinski definition) is 8.